The van der Waals surface area contributed by atoms with Gasteiger partial charge in [0.1, 0.15) is 6.04 Å². The monoisotopic (exact) mass is 442 g/mol. The van der Waals surface area contributed by atoms with Crippen molar-refractivity contribution in [3.05, 3.63) is 44.6 Å². The predicted molar refractivity (Wildman–Crippen MR) is 119 cm³/mol. The molecule has 0 aliphatic heterocycles. The summed E-state index contributed by atoms with van der Waals surface area (Å²) in [5.74, 6) is 1.04. The van der Waals surface area contributed by atoms with Gasteiger partial charge >= 0.3 is 0 Å². The van der Waals surface area contributed by atoms with E-state index in [1.165, 1.54) is 9.56 Å². The summed E-state index contributed by atoms with van der Waals surface area (Å²) in [5, 5.41) is 11.8. The van der Waals surface area contributed by atoms with E-state index in [9.17, 15) is 9.59 Å². The van der Waals surface area contributed by atoms with Gasteiger partial charge in [0, 0.05) is 11.4 Å². The van der Waals surface area contributed by atoms with Crippen molar-refractivity contribution in [1.29, 1.82) is 0 Å². The predicted octanol–water partition coefficient (Wildman–Crippen LogP) is 2.67. The number of hydrogen-bond acceptors (Lipinski definition) is 7. The van der Waals surface area contributed by atoms with Crippen LogP contribution in [0.3, 0.4) is 0 Å². The fourth-order valence-corrected chi connectivity index (χ4v) is 5.16. The van der Waals surface area contributed by atoms with Gasteiger partial charge in [-0.3, -0.25) is 9.59 Å². The molecule has 1 aliphatic carbocycles. The topological polar surface area (TPSA) is 95.3 Å². The van der Waals surface area contributed by atoms with Crippen molar-refractivity contribution in [2.24, 2.45) is 0 Å². The molecule has 2 heterocycles. The standard InChI is InChI=1S/C22H26N4O4S/c1-13(20(27)23-11-10-14-8-9-16(29-2)17(12-14)30-3)26-22(28)19-15-6-4-5-7-18(15)31-21(19)24-25-26/h8-9,12-13H,4-7,10-11H2,1-3H3,(H,23,27). The highest BCUT2D eigenvalue weighted by atomic mass is 32.1. The number of ether oxygens (including phenoxy) is 2. The van der Waals surface area contributed by atoms with Crippen molar-refractivity contribution in [3.8, 4) is 11.5 Å². The molecule has 0 saturated carbocycles. The molecule has 164 valence electrons. The van der Waals surface area contributed by atoms with Gasteiger partial charge in [0.05, 0.1) is 19.6 Å². The Labute approximate surface area is 184 Å². The van der Waals surface area contributed by atoms with Gasteiger partial charge in [-0.05, 0) is 62.3 Å². The highest BCUT2D eigenvalue weighted by Gasteiger charge is 2.24. The van der Waals surface area contributed by atoms with E-state index in [4.69, 9.17) is 9.47 Å². The minimum Gasteiger partial charge on any atom is -0.493 e. The number of carbonyl (C=O) groups is 1. The Morgan fingerprint density at radius 3 is 2.77 bits per heavy atom. The molecule has 31 heavy (non-hydrogen) atoms. The van der Waals surface area contributed by atoms with Gasteiger partial charge in [0.25, 0.3) is 5.56 Å². The fourth-order valence-electron chi connectivity index (χ4n) is 3.96. The van der Waals surface area contributed by atoms with Crippen LogP contribution < -0.4 is 20.3 Å². The Morgan fingerprint density at radius 2 is 2.00 bits per heavy atom. The first kappa shape index (κ1) is 21.3. The third kappa shape index (κ3) is 4.14. The van der Waals surface area contributed by atoms with Gasteiger partial charge in [0.15, 0.2) is 16.3 Å². The maximum Gasteiger partial charge on any atom is 0.279 e. The van der Waals surface area contributed by atoms with Crippen LogP contribution in [0.1, 0.15) is 41.8 Å². The smallest absolute Gasteiger partial charge is 0.279 e. The van der Waals surface area contributed by atoms with Gasteiger partial charge in [0.2, 0.25) is 5.91 Å². The van der Waals surface area contributed by atoms with Crippen molar-refractivity contribution in [1.82, 2.24) is 20.3 Å². The number of nitrogens with one attached hydrogen (secondary N) is 1. The van der Waals surface area contributed by atoms with Crippen LogP contribution in [0.25, 0.3) is 10.2 Å². The number of hydrogen-bond donors (Lipinski definition) is 1. The minimum atomic E-state index is -0.742. The molecule has 3 aromatic rings. The number of aryl methyl sites for hydroxylation is 2. The SMILES string of the molecule is COc1ccc(CCNC(=O)C(C)n2nnc3sc4c(c3c2=O)CCCC4)cc1OC. The molecule has 2 aromatic heterocycles. The molecule has 0 radical (unpaired) electrons. The van der Waals surface area contributed by atoms with E-state index in [1.54, 1.807) is 32.5 Å². The van der Waals surface area contributed by atoms with E-state index in [0.29, 0.717) is 34.7 Å². The van der Waals surface area contributed by atoms with Crippen LogP contribution in [-0.4, -0.2) is 41.7 Å². The summed E-state index contributed by atoms with van der Waals surface area (Å²) in [5.41, 5.74) is 1.88. The average Bonchev–Trinajstić information content (AvgIpc) is 3.18. The molecule has 1 aliphatic rings. The highest BCUT2D eigenvalue weighted by Crippen LogP contribution is 2.33. The van der Waals surface area contributed by atoms with Crippen LogP contribution in [0, 0.1) is 0 Å². The van der Waals surface area contributed by atoms with Crippen LogP contribution in [-0.2, 0) is 24.1 Å². The molecule has 1 unspecified atom stereocenters. The van der Waals surface area contributed by atoms with Crippen LogP contribution in [0.4, 0.5) is 0 Å². The van der Waals surface area contributed by atoms with Crippen LogP contribution in [0.2, 0.25) is 0 Å². The molecule has 9 heteroatoms. The molecule has 0 spiro atoms. The molecular weight excluding hydrogens is 416 g/mol. The number of carbonyl (C=O) groups excluding carboxylic acids is 1. The summed E-state index contributed by atoms with van der Waals surface area (Å²) in [6.45, 7) is 2.10. The number of rotatable bonds is 7. The molecule has 0 saturated heterocycles. The molecule has 8 nitrogen and oxygen atoms in total. The number of aromatic nitrogens is 3. The lowest BCUT2D eigenvalue weighted by atomic mass is 9.97. The Hall–Kier alpha value is -2.94. The molecule has 4 rings (SSSR count). The van der Waals surface area contributed by atoms with E-state index >= 15 is 0 Å². The number of benzene rings is 1. The zero-order chi connectivity index (χ0) is 22.0. The van der Waals surface area contributed by atoms with E-state index in [0.717, 1.165) is 36.8 Å². The molecule has 1 atom stereocenters. The van der Waals surface area contributed by atoms with Crippen LogP contribution >= 0.6 is 11.3 Å². The van der Waals surface area contributed by atoms with Crippen molar-refractivity contribution in [3.63, 3.8) is 0 Å². The quantitative estimate of drug-likeness (QED) is 0.604. The van der Waals surface area contributed by atoms with Crippen molar-refractivity contribution in [2.45, 2.75) is 45.1 Å². The fraction of sp³-hybridized carbons (Fsp3) is 0.455. The molecular formula is C22H26N4O4S. The Balaban J connectivity index is 1.45. The Kier molecular flexibility index (Phi) is 6.22. The lowest BCUT2D eigenvalue weighted by molar-refractivity contribution is -0.124. The first-order valence-corrected chi connectivity index (χ1v) is 11.2. The third-order valence-corrected chi connectivity index (χ3v) is 6.89. The number of fused-ring (bicyclic) bond motifs is 3. The van der Waals surface area contributed by atoms with Crippen LogP contribution in [0.15, 0.2) is 23.0 Å². The highest BCUT2D eigenvalue weighted by molar-refractivity contribution is 7.18. The minimum absolute atomic E-state index is 0.230. The number of thiophene rings is 1. The third-order valence-electron chi connectivity index (χ3n) is 5.71. The average molecular weight is 443 g/mol. The lowest BCUT2D eigenvalue weighted by Gasteiger charge is -2.14. The molecule has 1 amide bonds. The summed E-state index contributed by atoms with van der Waals surface area (Å²) < 4.78 is 11.8. The summed E-state index contributed by atoms with van der Waals surface area (Å²) in [6.07, 6.45) is 4.72. The lowest BCUT2D eigenvalue weighted by Crippen LogP contribution is -2.38. The zero-order valence-electron chi connectivity index (χ0n) is 17.9. The van der Waals surface area contributed by atoms with Crippen molar-refractivity contribution < 1.29 is 14.3 Å². The van der Waals surface area contributed by atoms with Gasteiger partial charge in [-0.2, -0.15) is 4.68 Å². The first-order chi connectivity index (χ1) is 15.0. The Bertz CT molecular complexity index is 1170. The number of methoxy groups -OCH3 is 2. The maximum atomic E-state index is 13.1. The summed E-state index contributed by atoms with van der Waals surface area (Å²) in [7, 11) is 3.18. The first-order valence-electron chi connectivity index (χ1n) is 10.4. The van der Waals surface area contributed by atoms with Gasteiger partial charge < -0.3 is 14.8 Å². The second-order valence-electron chi connectivity index (χ2n) is 7.64. The summed E-state index contributed by atoms with van der Waals surface area (Å²) in [4.78, 5) is 27.7. The number of nitrogens with zero attached hydrogens (tertiary/aromatic N) is 3. The second-order valence-corrected chi connectivity index (χ2v) is 8.72. The van der Waals surface area contributed by atoms with E-state index in [1.807, 2.05) is 18.2 Å². The van der Waals surface area contributed by atoms with E-state index in [-0.39, 0.29) is 11.5 Å². The van der Waals surface area contributed by atoms with Gasteiger partial charge in [-0.15, -0.1) is 16.4 Å². The second kappa shape index (κ2) is 9.05. The van der Waals surface area contributed by atoms with E-state index < -0.39 is 6.04 Å². The van der Waals surface area contributed by atoms with Gasteiger partial charge in [-0.25, -0.2) is 0 Å². The largest absolute Gasteiger partial charge is 0.493 e. The Morgan fingerprint density at radius 1 is 1.23 bits per heavy atom. The summed E-state index contributed by atoms with van der Waals surface area (Å²) in [6, 6.07) is 4.91. The normalized spacial score (nSPS) is 14.2. The maximum absolute atomic E-state index is 13.1. The molecule has 0 bridgehead atoms. The molecule has 1 aromatic carbocycles. The van der Waals surface area contributed by atoms with Crippen molar-refractivity contribution in [2.75, 3.05) is 20.8 Å². The molecule has 0 fully saturated rings. The van der Waals surface area contributed by atoms with Gasteiger partial charge in [-0.1, -0.05) is 11.3 Å². The zero-order valence-corrected chi connectivity index (χ0v) is 18.8. The molecule has 1 N–H and O–H groups in total. The van der Waals surface area contributed by atoms with Crippen molar-refractivity contribution >= 4 is 27.5 Å². The van der Waals surface area contributed by atoms with E-state index in [2.05, 4.69) is 15.6 Å². The summed E-state index contributed by atoms with van der Waals surface area (Å²) >= 11 is 1.55. The number of amides is 1. The van der Waals surface area contributed by atoms with Crippen LogP contribution in [0.5, 0.6) is 11.5 Å².